The number of carbonyl (C=O) groups excluding carboxylic acids is 1. The number of amides is 1. The summed E-state index contributed by atoms with van der Waals surface area (Å²) in [5, 5.41) is 5.64. The molecule has 0 atom stereocenters. The van der Waals surface area contributed by atoms with Gasteiger partial charge >= 0.3 is 0 Å². The van der Waals surface area contributed by atoms with E-state index in [1.54, 1.807) is 7.05 Å². The van der Waals surface area contributed by atoms with Gasteiger partial charge < -0.3 is 10.6 Å². The molecule has 0 saturated heterocycles. The number of nitrogens with zero attached hydrogens (tertiary/aromatic N) is 2. The molecule has 0 bridgehead atoms. The molecule has 0 fully saturated rings. The zero-order chi connectivity index (χ0) is 13.0. The van der Waals surface area contributed by atoms with Gasteiger partial charge in [-0.1, -0.05) is 12.1 Å². The van der Waals surface area contributed by atoms with Crippen LogP contribution in [0, 0.1) is 3.57 Å². The van der Waals surface area contributed by atoms with Crippen molar-refractivity contribution in [3.63, 3.8) is 0 Å². The molecule has 1 heterocycles. The first-order valence-corrected chi connectivity index (χ1v) is 6.34. The van der Waals surface area contributed by atoms with Crippen molar-refractivity contribution in [3.05, 3.63) is 45.9 Å². The maximum absolute atomic E-state index is 11.9. The number of benzene rings is 1. The number of aromatic nitrogens is 2. The topological polar surface area (TPSA) is 66.9 Å². The van der Waals surface area contributed by atoms with Crippen molar-refractivity contribution in [1.82, 2.24) is 9.97 Å². The Morgan fingerprint density at radius 2 is 2.00 bits per heavy atom. The molecule has 0 aliphatic heterocycles. The molecule has 18 heavy (non-hydrogen) atoms. The van der Waals surface area contributed by atoms with E-state index in [1.807, 2.05) is 24.3 Å². The van der Waals surface area contributed by atoms with E-state index in [4.69, 9.17) is 0 Å². The molecule has 0 radical (unpaired) electrons. The minimum atomic E-state index is -0.269. The van der Waals surface area contributed by atoms with Crippen LogP contribution in [0.1, 0.15) is 10.5 Å². The largest absolute Gasteiger partial charge is 0.372 e. The van der Waals surface area contributed by atoms with E-state index < -0.39 is 0 Å². The average molecular weight is 354 g/mol. The molecule has 0 spiro atoms. The third-order valence-corrected chi connectivity index (χ3v) is 3.20. The molecule has 2 N–H and O–H groups in total. The van der Waals surface area contributed by atoms with Crippen LogP contribution in [0.4, 0.5) is 11.5 Å². The Labute approximate surface area is 118 Å². The number of halogens is 1. The van der Waals surface area contributed by atoms with Crippen LogP contribution < -0.4 is 10.6 Å². The molecular weight excluding hydrogens is 343 g/mol. The lowest BCUT2D eigenvalue weighted by Crippen LogP contribution is -2.15. The van der Waals surface area contributed by atoms with E-state index >= 15 is 0 Å². The van der Waals surface area contributed by atoms with E-state index in [1.165, 1.54) is 12.4 Å². The van der Waals surface area contributed by atoms with Crippen LogP contribution in [0.15, 0.2) is 36.7 Å². The molecule has 0 aliphatic rings. The van der Waals surface area contributed by atoms with Crippen LogP contribution in [0.2, 0.25) is 0 Å². The number of rotatable bonds is 3. The molecule has 1 amide bonds. The zero-order valence-corrected chi connectivity index (χ0v) is 11.8. The zero-order valence-electron chi connectivity index (χ0n) is 9.64. The highest BCUT2D eigenvalue weighted by Gasteiger charge is 2.09. The van der Waals surface area contributed by atoms with Crippen molar-refractivity contribution in [2.75, 3.05) is 17.7 Å². The fourth-order valence-corrected chi connectivity index (χ4v) is 1.85. The minimum absolute atomic E-state index is 0.269. The molecule has 5 nitrogen and oxygen atoms in total. The van der Waals surface area contributed by atoms with E-state index in [2.05, 4.69) is 43.2 Å². The lowest BCUT2D eigenvalue weighted by Gasteiger charge is -2.06. The van der Waals surface area contributed by atoms with E-state index in [-0.39, 0.29) is 11.6 Å². The van der Waals surface area contributed by atoms with Gasteiger partial charge in [-0.2, -0.15) is 0 Å². The van der Waals surface area contributed by atoms with Gasteiger partial charge in [0.15, 0.2) is 0 Å². The molecule has 0 unspecified atom stereocenters. The van der Waals surface area contributed by atoms with Gasteiger partial charge in [-0.25, -0.2) is 9.97 Å². The van der Waals surface area contributed by atoms with Crippen LogP contribution in [-0.2, 0) is 0 Å². The van der Waals surface area contributed by atoms with Gasteiger partial charge in [0.2, 0.25) is 0 Å². The fraction of sp³-hybridized carbons (Fsp3) is 0.0833. The highest BCUT2D eigenvalue weighted by molar-refractivity contribution is 14.1. The quantitative estimate of drug-likeness (QED) is 0.831. The third kappa shape index (κ3) is 2.95. The van der Waals surface area contributed by atoms with Crippen molar-refractivity contribution < 1.29 is 4.79 Å². The SMILES string of the molecule is CNc1cnc(C(=O)Nc2ccccc2I)cn1. The molecule has 0 aliphatic carbocycles. The Balaban J connectivity index is 2.14. The predicted molar refractivity (Wildman–Crippen MR) is 78.7 cm³/mol. The Hall–Kier alpha value is -1.70. The molecular formula is C12H11IN4O. The van der Waals surface area contributed by atoms with Gasteiger partial charge in [0.05, 0.1) is 18.1 Å². The summed E-state index contributed by atoms with van der Waals surface area (Å²) in [5.74, 6) is 0.357. The first kappa shape index (κ1) is 12.7. The maximum Gasteiger partial charge on any atom is 0.275 e. The maximum atomic E-state index is 11.9. The van der Waals surface area contributed by atoms with Gasteiger partial charge in [-0.05, 0) is 34.7 Å². The van der Waals surface area contributed by atoms with E-state index in [9.17, 15) is 4.79 Å². The molecule has 1 aromatic carbocycles. The number of para-hydroxylation sites is 1. The number of anilines is 2. The normalized spacial score (nSPS) is 9.89. The summed E-state index contributed by atoms with van der Waals surface area (Å²) >= 11 is 2.16. The van der Waals surface area contributed by atoms with Gasteiger partial charge in [-0.3, -0.25) is 4.79 Å². The molecule has 6 heteroatoms. The van der Waals surface area contributed by atoms with Crippen LogP contribution in [0.3, 0.4) is 0 Å². The molecule has 92 valence electrons. The van der Waals surface area contributed by atoms with Gasteiger partial charge in [0, 0.05) is 10.6 Å². The fourth-order valence-electron chi connectivity index (χ4n) is 1.32. The minimum Gasteiger partial charge on any atom is -0.372 e. The molecule has 1 aromatic heterocycles. The van der Waals surface area contributed by atoms with Crippen LogP contribution in [0.5, 0.6) is 0 Å². The smallest absolute Gasteiger partial charge is 0.275 e. The lowest BCUT2D eigenvalue weighted by atomic mass is 10.3. The van der Waals surface area contributed by atoms with Crippen LogP contribution >= 0.6 is 22.6 Å². The highest BCUT2D eigenvalue weighted by Crippen LogP contribution is 2.17. The van der Waals surface area contributed by atoms with Crippen LogP contribution in [0.25, 0.3) is 0 Å². The number of hydrogen-bond donors (Lipinski definition) is 2. The summed E-state index contributed by atoms with van der Waals surface area (Å²) in [7, 11) is 1.75. The number of hydrogen-bond acceptors (Lipinski definition) is 4. The van der Waals surface area contributed by atoms with Crippen molar-refractivity contribution in [2.24, 2.45) is 0 Å². The second-order valence-corrected chi connectivity index (χ2v) is 4.63. The Bertz CT molecular complexity index is 556. The number of carbonyl (C=O) groups is 1. The van der Waals surface area contributed by atoms with Crippen molar-refractivity contribution >= 4 is 40.0 Å². The van der Waals surface area contributed by atoms with Crippen molar-refractivity contribution in [3.8, 4) is 0 Å². The van der Waals surface area contributed by atoms with Gasteiger partial charge in [-0.15, -0.1) is 0 Å². The summed E-state index contributed by atoms with van der Waals surface area (Å²) in [6.07, 6.45) is 2.96. The average Bonchev–Trinajstić information content (AvgIpc) is 2.41. The summed E-state index contributed by atoms with van der Waals surface area (Å²) in [6, 6.07) is 7.55. The van der Waals surface area contributed by atoms with Crippen molar-refractivity contribution in [1.29, 1.82) is 0 Å². The third-order valence-electron chi connectivity index (χ3n) is 2.26. The molecule has 2 rings (SSSR count). The monoisotopic (exact) mass is 354 g/mol. The Morgan fingerprint density at radius 3 is 2.61 bits per heavy atom. The second-order valence-electron chi connectivity index (χ2n) is 3.47. The van der Waals surface area contributed by atoms with E-state index in [0.717, 1.165) is 9.26 Å². The summed E-state index contributed by atoms with van der Waals surface area (Å²) in [6.45, 7) is 0. The lowest BCUT2D eigenvalue weighted by molar-refractivity contribution is 0.102. The summed E-state index contributed by atoms with van der Waals surface area (Å²) < 4.78 is 0.975. The standard InChI is InChI=1S/C12H11IN4O/c1-14-11-7-15-10(6-16-11)12(18)17-9-5-3-2-4-8(9)13/h2-7H,1H3,(H,14,16)(H,17,18). The molecule has 0 saturated carbocycles. The highest BCUT2D eigenvalue weighted by atomic mass is 127. The second kappa shape index (κ2) is 5.76. The number of nitrogens with one attached hydrogen (secondary N) is 2. The first-order valence-electron chi connectivity index (χ1n) is 5.26. The molecule has 2 aromatic rings. The Morgan fingerprint density at radius 1 is 1.22 bits per heavy atom. The van der Waals surface area contributed by atoms with E-state index in [0.29, 0.717) is 5.82 Å². The van der Waals surface area contributed by atoms with Crippen LogP contribution in [-0.4, -0.2) is 22.9 Å². The Kier molecular flexibility index (Phi) is 4.08. The summed E-state index contributed by atoms with van der Waals surface area (Å²) in [4.78, 5) is 20.0. The van der Waals surface area contributed by atoms with Crippen molar-refractivity contribution in [2.45, 2.75) is 0 Å². The van der Waals surface area contributed by atoms with Gasteiger partial charge in [0.1, 0.15) is 11.5 Å². The first-order chi connectivity index (χ1) is 8.70. The summed E-state index contributed by atoms with van der Waals surface area (Å²) in [5.41, 5.74) is 1.05. The van der Waals surface area contributed by atoms with Gasteiger partial charge in [0.25, 0.3) is 5.91 Å². The predicted octanol–water partition coefficient (Wildman–Crippen LogP) is 2.38.